The standard InChI is InChI=1S/C21H32O6/c1-18-7-6-15-20-8-5-12(22)11-19(20,25)9-10-21(15,27-17(20)26-2)14(18)4-3-13(18)16(23)24/h12-15,17,22,25H,3-11H2,1-2H3,(H,23,24)/t12-,13-,14-,15-,17+,18-,19+,20-,21-/m0/s1. The van der Waals surface area contributed by atoms with E-state index in [1.807, 2.05) is 0 Å². The van der Waals surface area contributed by atoms with Gasteiger partial charge >= 0.3 is 5.97 Å². The highest BCUT2D eigenvalue weighted by atomic mass is 16.7. The number of rotatable bonds is 2. The summed E-state index contributed by atoms with van der Waals surface area (Å²) in [5, 5.41) is 31.8. The van der Waals surface area contributed by atoms with E-state index in [9.17, 15) is 20.1 Å². The van der Waals surface area contributed by atoms with Crippen LogP contribution in [0.4, 0.5) is 0 Å². The first kappa shape index (κ1) is 18.3. The van der Waals surface area contributed by atoms with Crippen LogP contribution in [0.25, 0.3) is 0 Å². The van der Waals surface area contributed by atoms with Crippen LogP contribution in [0.3, 0.4) is 0 Å². The summed E-state index contributed by atoms with van der Waals surface area (Å²) in [6, 6.07) is 0. The Labute approximate surface area is 160 Å². The number of aliphatic carboxylic acids is 1. The monoisotopic (exact) mass is 380 g/mol. The second-order valence-electron chi connectivity index (χ2n) is 10.2. The molecule has 5 rings (SSSR count). The maximum atomic E-state index is 11.9. The van der Waals surface area contributed by atoms with Gasteiger partial charge in [-0.25, -0.2) is 0 Å². The van der Waals surface area contributed by atoms with Crippen molar-refractivity contribution in [2.24, 2.45) is 28.6 Å². The van der Waals surface area contributed by atoms with Gasteiger partial charge in [0.2, 0.25) is 0 Å². The fourth-order valence-corrected chi connectivity index (χ4v) is 8.62. The van der Waals surface area contributed by atoms with Gasteiger partial charge in [0.1, 0.15) is 0 Å². The molecule has 1 aliphatic heterocycles. The van der Waals surface area contributed by atoms with Gasteiger partial charge in [-0.15, -0.1) is 0 Å². The van der Waals surface area contributed by atoms with Gasteiger partial charge in [-0.3, -0.25) is 4.79 Å². The van der Waals surface area contributed by atoms with E-state index < -0.39 is 35.0 Å². The van der Waals surface area contributed by atoms with Gasteiger partial charge in [0.05, 0.1) is 28.6 Å². The largest absolute Gasteiger partial charge is 0.481 e. The maximum absolute atomic E-state index is 11.9. The topological polar surface area (TPSA) is 96.2 Å². The molecule has 0 aromatic heterocycles. The van der Waals surface area contributed by atoms with Crippen LogP contribution in [0.5, 0.6) is 0 Å². The molecule has 1 saturated heterocycles. The summed E-state index contributed by atoms with van der Waals surface area (Å²) in [5.41, 5.74) is -2.10. The Morgan fingerprint density at radius 2 is 1.85 bits per heavy atom. The van der Waals surface area contributed by atoms with Crippen molar-refractivity contribution in [3.8, 4) is 0 Å². The summed E-state index contributed by atoms with van der Waals surface area (Å²) in [4.78, 5) is 11.9. The van der Waals surface area contributed by atoms with Crippen molar-refractivity contribution in [1.82, 2.24) is 0 Å². The number of carboxylic acid groups (broad SMARTS) is 1. The SMILES string of the molecule is CO[C@@H]1O[C@]23CC[C@@]4(O)C[C@@H](O)CC[C@]14[C@@H]2CC[C@@]1(C)[C@H](C(=O)O)CC[C@@H]13. The lowest BCUT2D eigenvalue weighted by Gasteiger charge is -2.62. The van der Waals surface area contributed by atoms with Crippen molar-refractivity contribution in [3.05, 3.63) is 0 Å². The third-order valence-corrected chi connectivity index (χ3v) is 9.63. The molecule has 2 bridgehead atoms. The molecule has 27 heavy (non-hydrogen) atoms. The van der Waals surface area contributed by atoms with Crippen LogP contribution in [0, 0.1) is 28.6 Å². The summed E-state index contributed by atoms with van der Waals surface area (Å²) >= 11 is 0. The third kappa shape index (κ3) is 1.93. The molecule has 0 unspecified atom stereocenters. The van der Waals surface area contributed by atoms with E-state index in [1.165, 1.54) is 0 Å². The Balaban J connectivity index is 1.61. The zero-order chi connectivity index (χ0) is 19.2. The molecular formula is C21H32O6. The fraction of sp³-hybridized carbons (Fsp3) is 0.952. The molecule has 9 atom stereocenters. The number of hydrogen-bond donors (Lipinski definition) is 3. The molecule has 6 nitrogen and oxygen atoms in total. The lowest BCUT2D eigenvalue weighted by molar-refractivity contribution is -0.239. The first-order chi connectivity index (χ1) is 12.7. The van der Waals surface area contributed by atoms with E-state index in [-0.39, 0.29) is 23.2 Å². The van der Waals surface area contributed by atoms with Gasteiger partial charge in [-0.1, -0.05) is 6.92 Å². The second-order valence-corrected chi connectivity index (χ2v) is 10.2. The molecule has 6 heteroatoms. The average Bonchev–Trinajstić information content (AvgIpc) is 3.07. The van der Waals surface area contributed by atoms with E-state index in [1.54, 1.807) is 7.11 Å². The lowest BCUT2D eigenvalue weighted by atomic mass is 9.42. The molecule has 0 aromatic rings. The molecule has 5 fully saturated rings. The zero-order valence-corrected chi connectivity index (χ0v) is 16.3. The van der Waals surface area contributed by atoms with E-state index >= 15 is 0 Å². The molecule has 4 saturated carbocycles. The smallest absolute Gasteiger partial charge is 0.307 e. The van der Waals surface area contributed by atoms with Gasteiger partial charge in [0.25, 0.3) is 0 Å². The van der Waals surface area contributed by atoms with E-state index in [0.29, 0.717) is 32.1 Å². The zero-order valence-electron chi connectivity index (χ0n) is 16.3. The Morgan fingerprint density at radius 3 is 2.56 bits per heavy atom. The second kappa shape index (κ2) is 5.47. The molecule has 1 spiro atoms. The Bertz CT molecular complexity index is 667. The van der Waals surface area contributed by atoms with Gasteiger partial charge in [0.15, 0.2) is 6.29 Å². The first-order valence-corrected chi connectivity index (χ1v) is 10.6. The summed E-state index contributed by atoms with van der Waals surface area (Å²) in [6.07, 6.45) is 5.47. The Morgan fingerprint density at radius 1 is 1.07 bits per heavy atom. The fourth-order valence-electron chi connectivity index (χ4n) is 8.62. The molecule has 5 aliphatic rings. The minimum atomic E-state index is -0.964. The maximum Gasteiger partial charge on any atom is 0.307 e. The van der Waals surface area contributed by atoms with Crippen molar-refractivity contribution in [2.75, 3.05) is 7.11 Å². The Kier molecular flexibility index (Phi) is 3.71. The number of fused-ring (bicyclic) bond motifs is 1. The molecule has 0 amide bonds. The molecule has 3 N–H and O–H groups in total. The van der Waals surface area contributed by atoms with Crippen LogP contribution in [-0.2, 0) is 14.3 Å². The lowest BCUT2D eigenvalue weighted by Crippen LogP contribution is -2.67. The van der Waals surface area contributed by atoms with Crippen LogP contribution in [0.1, 0.15) is 64.7 Å². The minimum absolute atomic E-state index is 0.173. The molecular weight excluding hydrogens is 348 g/mol. The molecule has 4 aliphatic carbocycles. The Hall–Kier alpha value is -0.690. The summed E-state index contributed by atoms with van der Waals surface area (Å²) < 4.78 is 12.6. The predicted molar refractivity (Wildman–Crippen MR) is 95.8 cm³/mol. The van der Waals surface area contributed by atoms with Crippen molar-refractivity contribution in [1.29, 1.82) is 0 Å². The average molecular weight is 380 g/mol. The van der Waals surface area contributed by atoms with E-state index in [0.717, 1.165) is 25.7 Å². The van der Waals surface area contributed by atoms with E-state index in [2.05, 4.69) is 6.92 Å². The van der Waals surface area contributed by atoms with Crippen molar-refractivity contribution in [2.45, 2.75) is 88.3 Å². The van der Waals surface area contributed by atoms with E-state index in [4.69, 9.17) is 9.47 Å². The molecule has 152 valence electrons. The number of carbonyl (C=O) groups is 1. The normalized spacial score (nSPS) is 59.0. The van der Waals surface area contributed by atoms with Crippen LogP contribution in [-0.4, -0.2) is 52.0 Å². The third-order valence-electron chi connectivity index (χ3n) is 9.63. The van der Waals surface area contributed by atoms with Crippen LogP contribution < -0.4 is 0 Å². The van der Waals surface area contributed by atoms with Crippen LogP contribution in [0.2, 0.25) is 0 Å². The number of aliphatic hydroxyl groups excluding tert-OH is 1. The van der Waals surface area contributed by atoms with Crippen molar-refractivity contribution < 1.29 is 29.6 Å². The summed E-state index contributed by atoms with van der Waals surface area (Å²) in [5.74, 6) is -0.628. The first-order valence-electron chi connectivity index (χ1n) is 10.6. The van der Waals surface area contributed by atoms with Crippen molar-refractivity contribution >= 4 is 5.97 Å². The van der Waals surface area contributed by atoms with Gasteiger partial charge in [-0.2, -0.15) is 0 Å². The predicted octanol–water partition coefficient (Wildman–Crippen LogP) is 2.31. The van der Waals surface area contributed by atoms with Crippen molar-refractivity contribution in [3.63, 3.8) is 0 Å². The number of carboxylic acids is 1. The number of methoxy groups -OCH3 is 1. The van der Waals surface area contributed by atoms with Gasteiger partial charge in [0, 0.05) is 19.4 Å². The summed E-state index contributed by atoms with van der Waals surface area (Å²) in [7, 11) is 1.65. The molecule has 1 heterocycles. The highest BCUT2D eigenvalue weighted by Gasteiger charge is 2.79. The number of aliphatic hydroxyl groups is 2. The van der Waals surface area contributed by atoms with Gasteiger partial charge < -0.3 is 24.8 Å². The molecule has 0 aromatic carbocycles. The highest BCUT2D eigenvalue weighted by Crippen LogP contribution is 2.75. The summed E-state index contributed by atoms with van der Waals surface area (Å²) in [6.45, 7) is 2.15. The number of hydrogen-bond acceptors (Lipinski definition) is 5. The van der Waals surface area contributed by atoms with Crippen LogP contribution >= 0.6 is 0 Å². The molecule has 0 radical (unpaired) electrons. The van der Waals surface area contributed by atoms with Crippen LogP contribution in [0.15, 0.2) is 0 Å². The highest BCUT2D eigenvalue weighted by molar-refractivity contribution is 5.71. The van der Waals surface area contributed by atoms with Gasteiger partial charge in [-0.05, 0) is 62.7 Å². The quantitative estimate of drug-likeness (QED) is 0.680. The number of ether oxygens (including phenoxy) is 2. The minimum Gasteiger partial charge on any atom is -0.481 e.